The van der Waals surface area contributed by atoms with Gasteiger partial charge in [-0.05, 0) is 46.2 Å². The monoisotopic (exact) mass is 511 g/mol. The molecule has 10 nitrogen and oxygen atoms in total. The maximum atomic E-state index is 12.6. The first-order valence-corrected chi connectivity index (χ1v) is 13.2. The third kappa shape index (κ3) is 7.05. The molecule has 0 saturated heterocycles. The first-order valence-electron chi connectivity index (χ1n) is 12.1. The number of carbonyl (C=O) groups is 1. The summed E-state index contributed by atoms with van der Waals surface area (Å²) < 4.78 is 16.7. The molecule has 0 aliphatic heterocycles. The number of fused-ring (bicyclic) bond motifs is 1. The van der Waals surface area contributed by atoms with Crippen molar-refractivity contribution in [1.82, 2.24) is 24.2 Å². The van der Waals surface area contributed by atoms with Crippen LogP contribution in [0.5, 0.6) is 0 Å². The van der Waals surface area contributed by atoms with E-state index in [1.54, 1.807) is 18.5 Å². The molecule has 1 unspecified atom stereocenters. The largest absolute Gasteiger partial charge is 0.317 e. The third-order valence-electron chi connectivity index (χ3n) is 5.42. The number of aromatic nitrogens is 4. The minimum absolute atomic E-state index is 0.168. The van der Waals surface area contributed by atoms with Crippen molar-refractivity contribution in [2.45, 2.75) is 65.8 Å². The molecule has 1 N–H and O–H groups in total. The third-order valence-corrected chi connectivity index (χ3v) is 7.60. The van der Waals surface area contributed by atoms with E-state index in [0.717, 1.165) is 6.42 Å². The first kappa shape index (κ1) is 27.6. The smallest absolute Gasteiger partial charge is 0.259 e. The number of hydrogen-bond acceptors (Lipinski definition) is 7. The van der Waals surface area contributed by atoms with E-state index in [2.05, 4.69) is 64.4 Å². The minimum Gasteiger partial charge on any atom is -0.317 e. The number of amides is 1. The molecule has 2 heterocycles. The van der Waals surface area contributed by atoms with Gasteiger partial charge in [0, 0.05) is 17.6 Å². The summed E-state index contributed by atoms with van der Waals surface area (Å²) in [6.07, 6.45) is 3.69. The molecule has 1 amide bonds. The zero-order valence-corrected chi connectivity index (χ0v) is 22.4. The summed E-state index contributed by atoms with van der Waals surface area (Å²) in [6.45, 7) is 18.7. The average Bonchev–Trinajstić information content (AvgIpc) is 3.27. The van der Waals surface area contributed by atoms with Crippen LogP contribution in [0.15, 0.2) is 43.0 Å². The highest BCUT2D eigenvalue weighted by Crippen LogP contribution is 2.47. The van der Waals surface area contributed by atoms with Gasteiger partial charge in [-0.1, -0.05) is 25.1 Å². The standard InChI is InChI=1S/C25H34N7O3P/c1-7-21(35-36(34-14-13-26-6)32(18(2)3)19(4)5)15-31-17-29-22-23(27-16-28-24(22)31)30-25(33)20-11-9-8-10-12-20/h8-12,16-19,21H,7,13-15H2,1-5H3,(H,27,28,30,33)/t21-,36?/m1/s1. The van der Waals surface area contributed by atoms with Crippen LogP contribution < -0.4 is 5.32 Å². The maximum Gasteiger partial charge on any atom is 0.259 e. The quantitative estimate of drug-likeness (QED) is 0.192. The van der Waals surface area contributed by atoms with Gasteiger partial charge >= 0.3 is 0 Å². The van der Waals surface area contributed by atoms with Crippen LogP contribution in [0, 0.1) is 6.57 Å². The van der Waals surface area contributed by atoms with Crippen molar-refractivity contribution in [2.75, 3.05) is 18.5 Å². The molecule has 0 spiro atoms. The lowest BCUT2D eigenvalue weighted by molar-refractivity contribution is 0.102. The zero-order chi connectivity index (χ0) is 26.1. The van der Waals surface area contributed by atoms with E-state index in [1.807, 2.05) is 22.8 Å². The summed E-state index contributed by atoms with van der Waals surface area (Å²) in [5, 5.41) is 2.84. The predicted octanol–water partition coefficient (Wildman–Crippen LogP) is 5.16. The molecule has 3 aromatic rings. The molecule has 0 bridgehead atoms. The van der Waals surface area contributed by atoms with Gasteiger partial charge in [0.25, 0.3) is 14.4 Å². The number of hydrogen-bond donors (Lipinski definition) is 1. The molecule has 2 aromatic heterocycles. The molecule has 2 atom stereocenters. The molecule has 36 heavy (non-hydrogen) atoms. The normalized spacial score (nSPS) is 13.3. The van der Waals surface area contributed by atoms with Crippen LogP contribution >= 0.6 is 8.53 Å². The fourth-order valence-electron chi connectivity index (χ4n) is 3.75. The molecule has 0 aliphatic carbocycles. The second kappa shape index (κ2) is 13.4. The summed E-state index contributed by atoms with van der Waals surface area (Å²) >= 11 is 0. The predicted molar refractivity (Wildman–Crippen MR) is 141 cm³/mol. The SMILES string of the molecule is [C-]#[N+]CCOP(O[C@H](CC)Cn1cnc2c(NC(=O)c3ccccc3)ncnc21)N(C(C)C)C(C)C. The number of nitrogens with zero attached hydrogens (tertiary/aromatic N) is 6. The van der Waals surface area contributed by atoms with E-state index in [9.17, 15) is 4.79 Å². The minimum atomic E-state index is -1.36. The van der Waals surface area contributed by atoms with E-state index < -0.39 is 8.53 Å². The van der Waals surface area contributed by atoms with Gasteiger partial charge in [-0.25, -0.2) is 26.2 Å². The molecular weight excluding hydrogens is 477 g/mol. The van der Waals surface area contributed by atoms with Crippen LogP contribution in [-0.2, 0) is 15.6 Å². The van der Waals surface area contributed by atoms with Gasteiger partial charge < -0.3 is 23.8 Å². The van der Waals surface area contributed by atoms with Crippen molar-refractivity contribution >= 4 is 31.4 Å². The molecule has 0 saturated carbocycles. The van der Waals surface area contributed by atoms with Gasteiger partial charge in [0.05, 0.1) is 19.0 Å². The van der Waals surface area contributed by atoms with Crippen molar-refractivity contribution in [2.24, 2.45) is 0 Å². The number of carbonyl (C=O) groups excluding carboxylic acids is 1. The Morgan fingerprint density at radius 1 is 1.17 bits per heavy atom. The van der Waals surface area contributed by atoms with E-state index in [-0.39, 0.29) is 24.1 Å². The number of rotatable bonds is 13. The Kier molecular flexibility index (Phi) is 10.3. The lowest BCUT2D eigenvalue weighted by atomic mass is 10.2. The summed E-state index contributed by atoms with van der Waals surface area (Å²) in [4.78, 5) is 29.2. The van der Waals surface area contributed by atoms with Gasteiger partial charge in [0.15, 0.2) is 17.0 Å². The fraction of sp³-hybridized carbons (Fsp3) is 0.480. The van der Waals surface area contributed by atoms with Crippen molar-refractivity contribution in [3.8, 4) is 0 Å². The van der Waals surface area contributed by atoms with Crippen molar-refractivity contribution in [3.63, 3.8) is 0 Å². The van der Waals surface area contributed by atoms with Gasteiger partial charge in [-0.3, -0.25) is 4.79 Å². The van der Waals surface area contributed by atoms with E-state index in [1.165, 1.54) is 6.33 Å². The Labute approximate surface area is 213 Å². The fourth-order valence-corrected chi connectivity index (χ4v) is 5.51. The van der Waals surface area contributed by atoms with Gasteiger partial charge in [0.1, 0.15) is 12.9 Å². The van der Waals surface area contributed by atoms with Crippen molar-refractivity contribution in [1.29, 1.82) is 0 Å². The topological polar surface area (TPSA) is 98.8 Å². The summed E-state index contributed by atoms with van der Waals surface area (Å²) in [5.74, 6) is 0.0988. The Morgan fingerprint density at radius 2 is 1.89 bits per heavy atom. The van der Waals surface area contributed by atoms with E-state index in [0.29, 0.717) is 42.2 Å². The molecule has 0 aliphatic rings. The van der Waals surface area contributed by atoms with Crippen LogP contribution in [0.3, 0.4) is 0 Å². The van der Waals surface area contributed by atoms with Crippen molar-refractivity contribution < 1.29 is 13.8 Å². The highest BCUT2D eigenvalue weighted by molar-refractivity contribution is 7.44. The molecular formula is C25H34N7O3P. The summed E-state index contributed by atoms with van der Waals surface area (Å²) in [5.41, 5.74) is 1.66. The first-order chi connectivity index (χ1) is 17.3. The highest BCUT2D eigenvalue weighted by atomic mass is 31.2. The summed E-state index contributed by atoms with van der Waals surface area (Å²) in [7, 11) is -1.36. The number of benzene rings is 1. The Morgan fingerprint density at radius 3 is 2.53 bits per heavy atom. The van der Waals surface area contributed by atoms with Crippen molar-refractivity contribution in [3.05, 3.63) is 60.0 Å². The Balaban J connectivity index is 1.79. The van der Waals surface area contributed by atoms with Crippen LogP contribution in [0.25, 0.3) is 16.0 Å². The molecule has 0 fully saturated rings. The van der Waals surface area contributed by atoms with Gasteiger partial charge in [-0.15, -0.1) is 0 Å². The Hall–Kier alpha value is -2.96. The lowest BCUT2D eigenvalue weighted by Gasteiger charge is -2.37. The average molecular weight is 512 g/mol. The van der Waals surface area contributed by atoms with Crippen LogP contribution in [0.1, 0.15) is 51.4 Å². The lowest BCUT2D eigenvalue weighted by Crippen LogP contribution is -2.35. The number of nitrogens with one attached hydrogen (secondary N) is 1. The van der Waals surface area contributed by atoms with E-state index in [4.69, 9.17) is 15.6 Å². The second-order valence-electron chi connectivity index (χ2n) is 8.77. The zero-order valence-electron chi connectivity index (χ0n) is 21.5. The molecule has 1 aromatic carbocycles. The van der Waals surface area contributed by atoms with Gasteiger partial charge in [0.2, 0.25) is 6.54 Å². The Bertz CT molecular complexity index is 1160. The molecule has 0 radical (unpaired) electrons. The highest BCUT2D eigenvalue weighted by Gasteiger charge is 2.30. The van der Waals surface area contributed by atoms with Crippen LogP contribution in [0.2, 0.25) is 0 Å². The van der Waals surface area contributed by atoms with Crippen LogP contribution in [-0.4, -0.2) is 61.4 Å². The molecule has 11 heteroatoms. The molecule has 3 rings (SSSR count). The maximum absolute atomic E-state index is 12.6. The van der Waals surface area contributed by atoms with Gasteiger partial charge in [-0.2, -0.15) is 0 Å². The number of imidazole rings is 1. The van der Waals surface area contributed by atoms with Crippen LogP contribution in [0.4, 0.5) is 5.82 Å². The molecule has 192 valence electrons. The summed E-state index contributed by atoms with van der Waals surface area (Å²) in [6, 6.07) is 9.40. The van der Waals surface area contributed by atoms with E-state index >= 15 is 0 Å². The second-order valence-corrected chi connectivity index (χ2v) is 10.2. The number of anilines is 1.